The molecule has 0 amide bonds. The zero-order valence-electron chi connectivity index (χ0n) is 6.21. The van der Waals surface area contributed by atoms with Gasteiger partial charge in [-0.2, -0.15) is 0 Å². The first-order chi connectivity index (χ1) is 4.81. The lowest BCUT2D eigenvalue weighted by molar-refractivity contribution is -0.116. The molecular weight excluding hydrogens is 132 g/mol. The Morgan fingerprint density at radius 2 is 2.30 bits per heavy atom. The molecule has 0 saturated heterocycles. The van der Waals surface area contributed by atoms with E-state index in [-0.39, 0.29) is 0 Å². The van der Waals surface area contributed by atoms with Gasteiger partial charge in [-0.05, 0) is 13.8 Å². The normalized spacial score (nSPS) is 13.0. The van der Waals surface area contributed by atoms with Crippen molar-refractivity contribution in [3.63, 3.8) is 0 Å². The second kappa shape index (κ2) is 6.71. The van der Waals surface area contributed by atoms with Gasteiger partial charge < -0.3 is 14.3 Å². The Kier molecular flexibility index (Phi) is 6.43. The zero-order valence-corrected chi connectivity index (χ0v) is 6.21. The van der Waals surface area contributed by atoms with Gasteiger partial charge in [-0.25, -0.2) is 0 Å². The molecule has 1 radical (unpaired) electrons. The Morgan fingerprint density at radius 3 is 2.80 bits per heavy atom. The van der Waals surface area contributed by atoms with Gasteiger partial charge in [0.2, 0.25) is 0 Å². The summed E-state index contributed by atoms with van der Waals surface area (Å²) in [5, 5.41) is 0. The highest BCUT2D eigenvalue weighted by Crippen LogP contribution is 1.84. The molecule has 10 heavy (non-hydrogen) atoms. The Bertz CT molecular complexity index is 82.9. The first-order valence-electron chi connectivity index (χ1n) is 3.29. The smallest absolute Gasteiger partial charge is 0.148 e. The van der Waals surface area contributed by atoms with Crippen LogP contribution in [0.2, 0.25) is 0 Å². The number of hydrogen-bond acceptors (Lipinski definition) is 3. The fourth-order valence-electron chi connectivity index (χ4n) is 0.442. The van der Waals surface area contributed by atoms with Crippen molar-refractivity contribution in [2.75, 3.05) is 19.8 Å². The highest BCUT2D eigenvalue weighted by Gasteiger charge is 1.96. The number of hydrogen-bond donors (Lipinski definition) is 0. The van der Waals surface area contributed by atoms with Gasteiger partial charge in [-0.1, -0.05) is 0 Å². The van der Waals surface area contributed by atoms with Crippen molar-refractivity contribution in [3.8, 4) is 0 Å². The summed E-state index contributed by atoms with van der Waals surface area (Å²) in [6.45, 7) is 6.94. The molecular formula is C7H13O3. The number of carbonyl (C=O) groups is 1. The van der Waals surface area contributed by atoms with Crippen molar-refractivity contribution >= 4 is 6.29 Å². The predicted octanol–water partition coefficient (Wildman–Crippen LogP) is 0.441. The van der Waals surface area contributed by atoms with E-state index in [0.29, 0.717) is 26.1 Å². The third-order valence-corrected chi connectivity index (χ3v) is 0.916. The molecule has 0 N–H and O–H groups in total. The van der Waals surface area contributed by atoms with Crippen LogP contribution in [0.25, 0.3) is 0 Å². The van der Waals surface area contributed by atoms with Crippen molar-refractivity contribution in [2.45, 2.75) is 13.0 Å². The van der Waals surface area contributed by atoms with Gasteiger partial charge in [-0.3, -0.25) is 0 Å². The summed E-state index contributed by atoms with van der Waals surface area (Å²) in [5.41, 5.74) is 0. The SMILES string of the molecule is [CH2]C(C=O)OCCOCC. The maximum atomic E-state index is 9.94. The molecule has 0 aliphatic rings. The van der Waals surface area contributed by atoms with E-state index in [0.717, 1.165) is 0 Å². The molecule has 0 aromatic rings. The van der Waals surface area contributed by atoms with Crippen LogP contribution in [0.3, 0.4) is 0 Å². The van der Waals surface area contributed by atoms with Gasteiger partial charge in [0, 0.05) is 6.61 Å². The van der Waals surface area contributed by atoms with E-state index in [2.05, 4.69) is 6.92 Å². The van der Waals surface area contributed by atoms with Crippen LogP contribution in [0.5, 0.6) is 0 Å². The topological polar surface area (TPSA) is 35.5 Å². The quantitative estimate of drug-likeness (QED) is 0.402. The average Bonchev–Trinajstić information content (AvgIpc) is 1.98. The number of rotatable bonds is 6. The molecule has 0 fully saturated rings. The second-order valence-corrected chi connectivity index (χ2v) is 1.74. The summed E-state index contributed by atoms with van der Waals surface area (Å²) in [6, 6.07) is 0. The number of aldehydes is 1. The van der Waals surface area contributed by atoms with Crippen LogP contribution in [-0.4, -0.2) is 32.2 Å². The summed E-state index contributed by atoms with van der Waals surface area (Å²) in [5.74, 6) is 0. The average molecular weight is 145 g/mol. The molecule has 0 saturated carbocycles. The third-order valence-electron chi connectivity index (χ3n) is 0.916. The minimum Gasteiger partial charge on any atom is -0.379 e. The third kappa shape index (κ3) is 5.72. The van der Waals surface area contributed by atoms with Crippen molar-refractivity contribution < 1.29 is 14.3 Å². The number of carbonyl (C=O) groups excluding carboxylic acids is 1. The summed E-state index contributed by atoms with van der Waals surface area (Å²) < 4.78 is 9.85. The van der Waals surface area contributed by atoms with Gasteiger partial charge in [0.15, 0.2) is 0 Å². The monoisotopic (exact) mass is 145 g/mol. The Labute approximate surface area is 61.3 Å². The van der Waals surface area contributed by atoms with E-state index in [9.17, 15) is 4.79 Å². The van der Waals surface area contributed by atoms with Crippen LogP contribution in [-0.2, 0) is 14.3 Å². The molecule has 1 atom stereocenters. The van der Waals surface area contributed by atoms with Crippen molar-refractivity contribution in [1.29, 1.82) is 0 Å². The summed E-state index contributed by atoms with van der Waals surface area (Å²) in [4.78, 5) is 9.94. The fourth-order valence-corrected chi connectivity index (χ4v) is 0.442. The molecule has 1 unspecified atom stereocenters. The lowest BCUT2D eigenvalue weighted by Crippen LogP contribution is -2.13. The Morgan fingerprint density at radius 1 is 1.60 bits per heavy atom. The molecule has 0 spiro atoms. The van der Waals surface area contributed by atoms with Crippen molar-refractivity contribution in [1.82, 2.24) is 0 Å². The molecule has 0 heterocycles. The Hall–Kier alpha value is -0.410. The molecule has 0 aromatic heterocycles. The second-order valence-electron chi connectivity index (χ2n) is 1.74. The summed E-state index contributed by atoms with van der Waals surface area (Å²) >= 11 is 0. The van der Waals surface area contributed by atoms with Gasteiger partial charge in [-0.15, -0.1) is 0 Å². The van der Waals surface area contributed by atoms with Gasteiger partial charge in [0.05, 0.1) is 13.2 Å². The van der Waals surface area contributed by atoms with Crippen LogP contribution >= 0.6 is 0 Å². The first kappa shape index (κ1) is 9.59. The molecule has 0 aromatic carbocycles. The molecule has 59 valence electrons. The fraction of sp³-hybridized carbons (Fsp3) is 0.714. The minimum atomic E-state index is -0.555. The van der Waals surface area contributed by atoms with E-state index in [1.807, 2.05) is 6.92 Å². The molecule has 3 heteroatoms. The maximum absolute atomic E-state index is 9.94. The summed E-state index contributed by atoms with van der Waals surface area (Å²) in [7, 11) is 0. The molecule has 0 bridgehead atoms. The van der Waals surface area contributed by atoms with Crippen LogP contribution in [0.15, 0.2) is 0 Å². The lowest BCUT2D eigenvalue weighted by Gasteiger charge is -2.04. The van der Waals surface area contributed by atoms with Crippen LogP contribution in [0.4, 0.5) is 0 Å². The first-order valence-corrected chi connectivity index (χ1v) is 3.29. The largest absolute Gasteiger partial charge is 0.379 e. The van der Waals surface area contributed by atoms with E-state index < -0.39 is 6.10 Å². The number of ether oxygens (including phenoxy) is 2. The lowest BCUT2D eigenvalue weighted by atomic mass is 10.5. The van der Waals surface area contributed by atoms with E-state index >= 15 is 0 Å². The van der Waals surface area contributed by atoms with Crippen LogP contribution in [0, 0.1) is 6.92 Å². The van der Waals surface area contributed by atoms with E-state index in [1.54, 1.807) is 0 Å². The van der Waals surface area contributed by atoms with Gasteiger partial charge in [0.1, 0.15) is 12.4 Å². The van der Waals surface area contributed by atoms with Crippen molar-refractivity contribution in [3.05, 3.63) is 6.92 Å². The van der Waals surface area contributed by atoms with Gasteiger partial charge >= 0.3 is 0 Å². The van der Waals surface area contributed by atoms with E-state index in [1.165, 1.54) is 0 Å². The predicted molar refractivity (Wildman–Crippen MR) is 37.7 cm³/mol. The standard InChI is InChI=1S/C7H13O3/c1-3-9-4-5-10-7(2)6-8/h6-7H,2-5H2,1H3. The molecule has 0 aliphatic carbocycles. The highest BCUT2D eigenvalue weighted by atomic mass is 16.5. The van der Waals surface area contributed by atoms with Crippen LogP contribution < -0.4 is 0 Å². The van der Waals surface area contributed by atoms with Gasteiger partial charge in [0.25, 0.3) is 0 Å². The van der Waals surface area contributed by atoms with Crippen molar-refractivity contribution in [2.24, 2.45) is 0 Å². The molecule has 3 nitrogen and oxygen atoms in total. The maximum Gasteiger partial charge on any atom is 0.148 e. The van der Waals surface area contributed by atoms with E-state index in [4.69, 9.17) is 9.47 Å². The molecule has 0 aliphatic heterocycles. The zero-order chi connectivity index (χ0) is 7.82. The highest BCUT2D eigenvalue weighted by molar-refractivity contribution is 5.56. The molecule has 0 rings (SSSR count). The minimum absolute atomic E-state index is 0.431. The van der Waals surface area contributed by atoms with Crippen LogP contribution in [0.1, 0.15) is 6.92 Å². The summed E-state index contributed by atoms with van der Waals surface area (Å²) in [6.07, 6.45) is 0.104. The Balaban J connectivity index is 2.95.